The van der Waals surface area contributed by atoms with Crippen molar-refractivity contribution in [3.05, 3.63) is 70.5 Å². The number of halogens is 3. The highest BCUT2D eigenvalue weighted by Gasteiger charge is 2.39. The Morgan fingerprint density at radius 2 is 1.68 bits per heavy atom. The van der Waals surface area contributed by atoms with E-state index in [-0.39, 0.29) is 30.1 Å². The van der Waals surface area contributed by atoms with Crippen molar-refractivity contribution in [2.45, 2.75) is 82.2 Å². The van der Waals surface area contributed by atoms with Gasteiger partial charge in [-0.2, -0.15) is 26.3 Å². The molecule has 1 aliphatic heterocycles. The van der Waals surface area contributed by atoms with Gasteiger partial charge in [0.2, 0.25) is 15.9 Å². The first-order chi connectivity index (χ1) is 26.4. The van der Waals surface area contributed by atoms with Gasteiger partial charge in [-0.1, -0.05) is 30.2 Å². The number of carbonyl (C=O) groups excluding carboxylic acids is 2. The molecular formula is C34H44F3N7O11S2. The number of unbranched alkanes of at least 4 members (excludes halogenated alkanes) is 1. The third kappa shape index (κ3) is 13.8. The van der Waals surface area contributed by atoms with E-state index in [9.17, 15) is 49.5 Å². The smallest absolute Gasteiger partial charge is 0.480 e. The van der Waals surface area contributed by atoms with E-state index in [1.54, 1.807) is 61.5 Å². The number of nitrogens with zero attached hydrogens (tertiary/aromatic N) is 2. The molecule has 0 saturated heterocycles. The lowest BCUT2D eigenvalue weighted by Gasteiger charge is -2.38. The topological polar surface area (TPSA) is 291 Å². The molecule has 1 aliphatic rings. The van der Waals surface area contributed by atoms with Crippen molar-refractivity contribution in [3.63, 3.8) is 0 Å². The first-order valence-corrected chi connectivity index (χ1v) is 20.3. The molecule has 2 heterocycles. The second kappa shape index (κ2) is 19.4. The standard InChI is InChI=1S/C32H43N7O9S2.C2HF3O2/c1-19-12-20(2)29(21(3)13-19)50(47,48)38-25(31(42)43)17-36-30(41)27-15-28(40)24-8-7-22(16-37-32-34-9-10-35-32)14-26(24)39(27)11-5-4-6-23(33)18-49(44,45)46;3-2(4,5)1(6)7/h7-10,12-14,23,25,27,38H,4-6,11,15-18,33H2,1-3H3,(H,36,41)(H,42,43)(H2,34,35,37)(H,44,45,46);(H,6,7)/t23-,25+,27?;/m1./s1. The van der Waals surface area contributed by atoms with Gasteiger partial charge in [-0.15, -0.1) is 0 Å². The van der Waals surface area contributed by atoms with Gasteiger partial charge in [0.15, 0.2) is 11.7 Å². The summed E-state index contributed by atoms with van der Waals surface area (Å²) in [7, 11) is -8.55. The minimum atomic E-state index is -5.08. The SMILES string of the molecule is Cc1cc(C)c(S(=O)(=O)N[C@@H](CNC(=O)C2CC(=O)c3ccc(CNc4ncc[nH]4)cc3N2CCCC[C@@H](N)CS(=O)(=O)O)C(=O)O)c(C)c1.O=C(O)C(F)(F)F. The zero-order valence-electron chi connectivity index (χ0n) is 31.0. The number of nitrogens with one attached hydrogen (secondary N) is 4. The van der Waals surface area contributed by atoms with Gasteiger partial charge in [0.05, 0.1) is 10.6 Å². The van der Waals surface area contributed by atoms with Crippen LogP contribution in [-0.2, 0) is 41.1 Å². The molecule has 0 saturated carbocycles. The second-order valence-corrected chi connectivity index (χ2v) is 16.4. The fraction of sp³-hybridized carbons (Fsp3) is 0.441. The summed E-state index contributed by atoms with van der Waals surface area (Å²) in [6.45, 7) is 5.02. The largest absolute Gasteiger partial charge is 0.490 e. The molecule has 1 amide bonds. The highest BCUT2D eigenvalue weighted by atomic mass is 32.2. The molecular weight excluding hydrogens is 804 g/mol. The molecule has 0 spiro atoms. The van der Waals surface area contributed by atoms with Gasteiger partial charge in [-0.25, -0.2) is 18.2 Å². The number of nitrogens with two attached hydrogens (primary N) is 1. The number of alkyl halides is 3. The Kier molecular flexibility index (Phi) is 15.7. The number of aromatic amines is 1. The lowest BCUT2D eigenvalue weighted by atomic mass is 9.92. The molecule has 1 aromatic heterocycles. The van der Waals surface area contributed by atoms with Crippen molar-refractivity contribution >= 4 is 55.4 Å². The van der Waals surface area contributed by atoms with Gasteiger partial charge in [0, 0.05) is 55.7 Å². The lowest BCUT2D eigenvalue weighted by molar-refractivity contribution is -0.192. The molecule has 4 rings (SSSR count). The lowest BCUT2D eigenvalue weighted by Crippen LogP contribution is -2.55. The molecule has 1 unspecified atom stereocenters. The number of aromatic nitrogens is 2. The number of ketones is 1. The molecule has 0 bridgehead atoms. The number of fused-ring (bicyclic) bond motifs is 1. The van der Waals surface area contributed by atoms with E-state index in [2.05, 4.69) is 25.3 Å². The van der Waals surface area contributed by atoms with Crippen LogP contribution in [0.5, 0.6) is 0 Å². The third-order valence-electron chi connectivity index (χ3n) is 8.53. The maximum absolute atomic E-state index is 13.7. The summed E-state index contributed by atoms with van der Waals surface area (Å²) in [5.74, 6) is -5.31. The molecule has 18 nitrogen and oxygen atoms in total. The number of H-pyrrole nitrogens is 1. The van der Waals surface area contributed by atoms with Crippen LogP contribution in [-0.4, -0.2) is 108 Å². The number of carboxylic acids is 2. The number of amides is 1. The number of sulfonamides is 1. The summed E-state index contributed by atoms with van der Waals surface area (Å²) in [6, 6.07) is 4.98. The van der Waals surface area contributed by atoms with Crippen molar-refractivity contribution in [2.24, 2.45) is 5.73 Å². The minimum absolute atomic E-state index is 0.0463. The average Bonchev–Trinajstić information content (AvgIpc) is 3.60. The van der Waals surface area contributed by atoms with E-state index >= 15 is 0 Å². The Morgan fingerprint density at radius 1 is 1.05 bits per heavy atom. The maximum Gasteiger partial charge on any atom is 0.490 e. The van der Waals surface area contributed by atoms with Gasteiger partial charge in [0.1, 0.15) is 12.1 Å². The number of benzene rings is 2. The van der Waals surface area contributed by atoms with Gasteiger partial charge in [0.25, 0.3) is 10.1 Å². The van der Waals surface area contributed by atoms with Crippen LogP contribution in [0.15, 0.2) is 47.6 Å². The molecule has 3 atom stereocenters. The molecule has 0 radical (unpaired) electrons. The number of carboxylic acid groups (broad SMARTS) is 2. The van der Waals surface area contributed by atoms with Crippen molar-refractivity contribution in [1.29, 1.82) is 0 Å². The normalized spacial score (nSPS) is 15.5. The Morgan fingerprint density at radius 3 is 2.23 bits per heavy atom. The van der Waals surface area contributed by atoms with Crippen LogP contribution in [0.2, 0.25) is 0 Å². The Bertz CT molecular complexity index is 2130. The average molecular weight is 848 g/mol. The van der Waals surface area contributed by atoms with Crippen molar-refractivity contribution < 1.29 is 64.0 Å². The van der Waals surface area contributed by atoms with Crippen LogP contribution in [0, 0.1) is 20.8 Å². The number of aliphatic carboxylic acids is 2. The summed E-state index contributed by atoms with van der Waals surface area (Å²) in [5, 5.41) is 22.7. The highest BCUT2D eigenvalue weighted by molar-refractivity contribution is 7.89. The molecule has 23 heteroatoms. The van der Waals surface area contributed by atoms with Crippen molar-refractivity contribution in [1.82, 2.24) is 20.0 Å². The van der Waals surface area contributed by atoms with E-state index in [1.165, 1.54) is 0 Å². The van der Waals surface area contributed by atoms with Crippen LogP contribution in [0.1, 0.15) is 58.3 Å². The first kappa shape index (κ1) is 46.3. The van der Waals surface area contributed by atoms with Gasteiger partial charge < -0.3 is 36.5 Å². The summed E-state index contributed by atoms with van der Waals surface area (Å²) >= 11 is 0. The monoisotopic (exact) mass is 847 g/mol. The zero-order chi connectivity index (χ0) is 42.9. The van der Waals surface area contributed by atoms with Crippen LogP contribution in [0.3, 0.4) is 0 Å². The maximum atomic E-state index is 13.7. The highest BCUT2D eigenvalue weighted by Crippen LogP contribution is 2.33. The number of aryl methyl sites for hydroxylation is 3. The van der Waals surface area contributed by atoms with Gasteiger partial charge in [-0.05, 0) is 62.4 Å². The minimum Gasteiger partial charge on any atom is -0.480 e. The fourth-order valence-electron chi connectivity index (χ4n) is 6.16. The third-order valence-corrected chi connectivity index (χ3v) is 11.2. The fourth-order valence-corrected chi connectivity index (χ4v) is 8.51. The summed E-state index contributed by atoms with van der Waals surface area (Å²) < 4.78 is 92.1. The van der Waals surface area contributed by atoms with E-state index in [0.29, 0.717) is 47.7 Å². The van der Waals surface area contributed by atoms with E-state index in [4.69, 9.17) is 20.2 Å². The van der Waals surface area contributed by atoms with E-state index in [1.807, 2.05) is 6.92 Å². The van der Waals surface area contributed by atoms with Crippen molar-refractivity contribution in [2.75, 3.05) is 29.1 Å². The molecule has 314 valence electrons. The molecule has 57 heavy (non-hydrogen) atoms. The van der Waals surface area contributed by atoms with Gasteiger partial charge in [-0.3, -0.25) is 18.9 Å². The number of hydrogen-bond donors (Lipinski definition) is 8. The Hall–Kier alpha value is -5.10. The number of imidazole rings is 1. The van der Waals surface area contributed by atoms with Gasteiger partial charge >= 0.3 is 18.1 Å². The Labute approximate surface area is 326 Å². The zero-order valence-corrected chi connectivity index (χ0v) is 32.6. The number of hydrogen-bond acceptors (Lipinski definition) is 12. The molecule has 2 aromatic carbocycles. The number of rotatable bonds is 17. The summed E-state index contributed by atoms with van der Waals surface area (Å²) in [5.41, 5.74) is 9.23. The summed E-state index contributed by atoms with van der Waals surface area (Å²) in [4.78, 5) is 56.9. The second-order valence-electron chi connectivity index (χ2n) is 13.3. The Balaban J connectivity index is 0.00000113. The number of carbonyl (C=O) groups is 4. The number of Topliss-reactive ketones (excluding diaryl/α,β-unsaturated/α-hetero) is 1. The van der Waals surface area contributed by atoms with Crippen LogP contribution in [0.25, 0.3) is 0 Å². The van der Waals surface area contributed by atoms with E-state index < -0.39 is 74.6 Å². The molecule has 9 N–H and O–H groups in total. The van der Waals surface area contributed by atoms with Crippen LogP contribution in [0.4, 0.5) is 24.8 Å². The molecule has 3 aromatic rings. The quantitative estimate of drug-likeness (QED) is 0.0714. The predicted octanol–water partition coefficient (Wildman–Crippen LogP) is 2.28. The van der Waals surface area contributed by atoms with Crippen LogP contribution < -0.4 is 26.0 Å². The van der Waals surface area contributed by atoms with Crippen molar-refractivity contribution in [3.8, 4) is 0 Å². The van der Waals surface area contributed by atoms with Crippen LogP contribution >= 0.6 is 0 Å². The predicted molar refractivity (Wildman–Crippen MR) is 200 cm³/mol. The summed E-state index contributed by atoms with van der Waals surface area (Å²) in [6.07, 6.45) is -0.931. The molecule has 0 aliphatic carbocycles. The number of anilines is 2. The first-order valence-electron chi connectivity index (χ1n) is 17.2. The van der Waals surface area contributed by atoms with E-state index in [0.717, 1.165) is 11.1 Å². The molecule has 0 fully saturated rings.